The van der Waals surface area contributed by atoms with Crippen LogP contribution in [0.4, 0.5) is 4.79 Å². The summed E-state index contributed by atoms with van der Waals surface area (Å²) in [7, 11) is 0. The summed E-state index contributed by atoms with van der Waals surface area (Å²) in [4.78, 5) is 40.1. The van der Waals surface area contributed by atoms with Crippen LogP contribution in [0.5, 0.6) is 0 Å². The molecule has 2 saturated heterocycles. The molecular formula is C20H28N4O3. The summed E-state index contributed by atoms with van der Waals surface area (Å²) in [6, 6.07) is 9.30. The van der Waals surface area contributed by atoms with Crippen LogP contribution in [0.1, 0.15) is 31.2 Å². The van der Waals surface area contributed by atoms with Gasteiger partial charge in [0.1, 0.15) is 6.04 Å². The summed E-state index contributed by atoms with van der Waals surface area (Å²) in [5.41, 5.74) is 1.36. The maximum atomic E-state index is 12.8. The fraction of sp³-hybridized carbons (Fsp3) is 0.550. The Bertz CT molecular complexity index is 664. The third-order valence-corrected chi connectivity index (χ3v) is 5.20. The molecule has 2 aliphatic rings. The van der Waals surface area contributed by atoms with Gasteiger partial charge in [-0.05, 0) is 44.3 Å². The second-order valence-electron chi connectivity index (χ2n) is 7.22. The molecule has 7 heteroatoms. The lowest BCUT2D eigenvalue weighted by Crippen LogP contribution is -2.50. The zero-order chi connectivity index (χ0) is 19.1. The van der Waals surface area contributed by atoms with Gasteiger partial charge in [-0.1, -0.05) is 30.3 Å². The third-order valence-electron chi connectivity index (χ3n) is 5.20. The lowest BCUT2D eigenvalue weighted by molar-refractivity contribution is -0.133. The van der Waals surface area contributed by atoms with Gasteiger partial charge in [0, 0.05) is 26.1 Å². The second-order valence-corrected chi connectivity index (χ2v) is 7.22. The Morgan fingerprint density at radius 2 is 1.89 bits per heavy atom. The molecule has 0 bridgehead atoms. The largest absolute Gasteiger partial charge is 0.340 e. The Balaban J connectivity index is 1.45. The van der Waals surface area contributed by atoms with Crippen molar-refractivity contribution < 1.29 is 14.4 Å². The van der Waals surface area contributed by atoms with Crippen molar-refractivity contribution in [2.45, 2.75) is 38.1 Å². The van der Waals surface area contributed by atoms with Crippen LogP contribution in [-0.4, -0.2) is 66.4 Å². The minimum atomic E-state index is -0.610. The Labute approximate surface area is 160 Å². The van der Waals surface area contributed by atoms with E-state index in [0.29, 0.717) is 19.5 Å². The van der Waals surface area contributed by atoms with E-state index in [-0.39, 0.29) is 18.2 Å². The highest BCUT2D eigenvalue weighted by molar-refractivity contribution is 5.98. The van der Waals surface area contributed by atoms with Gasteiger partial charge in [-0.15, -0.1) is 0 Å². The number of hydrogen-bond donors (Lipinski definition) is 2. The van der Waals surface area contributed by atoms with Crippen LogP contribution >= 0.6 is 0 Å². The highest BCUT2D eigenvalue weighted by Gasteiger charge is 2.30. The van der Waals surface area contributed by atoms with Crippen molar-refractivity contribution in [3.05, 3.63) is 35.9 Å². The number of carbonyl (C=O) groups excluding carboxylic acids is 3. The van der Waals surface area contributed by atoms with Crippen molar-refractivity contribution in [3.8, 4) is 0 Å². The number of benzene rings is 1. The molecule has 3 rings (SSSR count). The fourth-order valence-electron chi connectivity index (χ4n) is 3.70. The van der Waals surface area contributed by atoms with E-state index in [4.69, 9.17) is 0 Å². The van der Waals surface area contributed by atoms with Gasteiger partial charge in [-0.2, -0.15) is 0 Å². The molecule has 7 nitrogen and oxygen atoms in total. The van der Waals surface area contributed by atoms with Crippen LogP contribution in [0, 0.1) is 0 Å². The van der Waals surface area contributed by atoms with Crippen LogP contribution in [0.15, 0.2) is 30.3 Å². The van der Waals surface area contributed by atoms with Crippen molar-refractivity contribution in [2.75, 3.05) is 32.7 Å². The molecule has 2 aliphatic heterocycles. The van der Waals surface area contributed by atoms with Crippen molar-refractivity contribution in [1.29, 1.82) is 0 Å². The molecule has 1 aromatic carbocycles. The van der Waals surface area contributed by atoms with E-state index in [9.17, 15) is 14.4 Å². The first-order valence-corrected chi connectivity index (χ1v) is 9.77. The van der Waals surface area contributed by atoms with Crippen molar-refractivity contribution in [3.63, 3.8) is 0 Å². The van der Waals surface area contributed by atoms with Crippen molar-refractivity contribution >= 4 is 17.8 Å². The first kappa shape index (κ1) is 19.4. The molecule has 146 valence electrons. The molecular weight excluding hydrogens is 344 g/mol. The van der Waals surface area contributed by atoms with E-state index in [2.05, 4.69) is 39.8 Å². The molecule has 0 spiro atoms. The Morgan fingerprint density at radius 1 is 1.07 bits per heavy atom. The van der Waals surface area contributed by atoms with Gasteiger partial charge in [0.25, 0.3) is 0 Å². The van der Waals surface area contributed by atoms with E-state index >= 15 is 0 Å². The molecule has 1 atom stereocenters. The summed E-state index contributed by atoms with van der Waals surface area (Å²) < 4.78 is 0. The standard InChI is InChI=1S/C20H28N4O3/c25-18-10-9-17(21-20(27)22-18)19(26)24-13-5-12-23(14-15-24)11-4-8-16-6-2-1-3-7-16/h1-3,6-7,17H,4-5,8-15H2,(H2,21,22,25,27)/t17-/m1/s1. The summed E-state index contributed by atoms with van der Waals surface area (Å²) in [5.74, 6) is -0.408. The first-order valence-electron chi connectivity index (χ1n) is 9.77. The number of amides is 4. The smallest absolute Gasteiger partial charge is 0.322 e. The predicted octanol–water partition coefficient (Wildman–Crippen LogP) is 1.14. The molecule has 0 saturated carbocycles. The number of nitrogens with one attached hydrogen (secondary N) is 2. The topological polar surface area (TPSA) is 81.8 Å². The zero-order valence-corrected chi connectivity index (χ0v) is 15.7. The van der Waals surface area contributed by atoms with Gasteiger partial charge in [-0.3, -0.25) is 14.9 Å². The molecule has 2 N–H and O–H groups in total. The number of imide groups is 1. The number of urea groups is 1. The number of hydrogen-bond acceptors (Lipinski definition) is 4. The minimum absolute atomic E-state index is 0.0778. The molecule has 2 heterocycles. The lowest BCUT2D eigenvalue weighted by atomic mass is 10.1. The Kier molecular flexibility index (Phi) is 6.81. The normalized spacial score (nSPS) is 21.8. The second kappa shape index (κ2) is 9.50. The molecule has 27 heavy (non-hydrogen) atoms. The van der Waals surface area contributed by atoms with Crippen LogP contribution in [0.25, 0.3) is 0 Å². The minimum Gasteiger partial charge on any atom is -0.340 e. The van der Waals surface area contributed by atoms with Gasteiger partial charge in [0.05, 0.1) is 0 Å². The molecule has 1 aromatic rings. The van der Waals surface area contributed by atoms with Crippen LogP contribution in [-0.2, 0) is 16.0 Å². The maximum Gasteiger partial charge on any atom is 0.322 e. The quantitative estimate of drug-likeness (QED) is 0.812. The van der Waals surface area contributed by atoms with Gasteiger partial charge in [0.2, 0.25) is 11.8 Å². The summed E-state index contributed by atoms with van der Waals surface area (Å²) >= 11 is 0. The van der Waals surface area contributed by atoms with E-state index in [1.54, 1.807) is 0 Å². The SMILES string of the molecule is O=C1CC[C@H](C(=O)N2CCCN(CCCc3ccccc3)CC2)NC(=O)N1. The summed E-state index contributed by atoms with van der Waals surface area (Å²) in [6.07, 6.45) is 3.64. The van der Waals surface area contributed by atoms with Crippen molar-refractivity contribution in [1.82, 2.24) is 20.4 Å². The summed E-state index contributed by atoms with van der Waals surface area (Å²) in [6.45, 7) is 4.21. The van der Waals surface area contributed by atoms with E-state index in [1.807, 2.05) is 11.0 Å². The van der Waals surface area contributed by atoms with Crippen molar-refractivity contribution in [2.24, 2.45) is 0 Å². The van der Waals surface area contributed by atoms with E-state index in [0.717, 1.165) is 38.9 Å². The van der Waals surface area contributed by atoms with Crippen LogP contribution < -0.4 is 10.6 Å². The summed E-state index contributed by atoms with van der Waals surface area (Å²) in [5, 5.41) is 4.83. The molecule has 0 aliphatic carbocycles. The van der Waals surface area contributed by atoms with Crippen LogP contribution in [0.3, 0.4) is 0 Å². The highest BCUT2D eigenvalue weighted by Crippen LogP contribution is 2.11. The third kappa shape index (κ3) is 5.79. The number of carbonyl (C=O) groups is 3. The Hall–Kier alpha value is -2.41. The van der Waals surface area contributed by atoms with Gasteiger partial charge >= 0.3 is 6.03 Å². The van der Waals surface area contributed by atoms with Gasteiger partial charge < -0.3 is 15.1 Å². The Morgan fingerprint density at radius 3 is 2.70 bits per heavy atom. The lowest BCUT2D eigenvalue weighted by Gasteiger charge is -2.26. The molecule has 0 unspecified atom stereocenters. The zero-order valence-electron chi connectivity index (χ0n) is 15.7. The van der Waals surface area contributed by atoms with Gasteiger partial charge in [-0.25, -0.2) is 4.79 Å². The predicted molar refractivity (Wildman–Crippen MR) is 102 cm³/mol. The monoisotopic (exact) mass is 372 g/mol. The molecule has 2 fully saturated rings. The number of rotatable bonds is 5. The van der Waals surface area contributed by atoms with Crippen LogP contribution in [0.2, 0.25) is 0 Å². The number of aryl methyl sites for hydroxylation is 1. The number of nitrogens with zero attached hydrogens (tertiary/aromatic N) is 2. The average Bonchev–Trinajstić information content (AvgIpc) is 3.00. The van der Waals surface area contributed by atoms with E-state index in [1.165, 1.54) is 5.56 Å². The fourth-order valence-corrected chi connectivity index (χ4v) is 3.70. The maximum absolute atomic E-state index is 12.8. The van der Waals surface area contributed by atoms with E-state index < -0.39 is 12.1 Å². The molecule has 0 radical (unpaired) electrons. The molecule has 0 aromatic heterocycles. The van der Waals surface area contributed by atoms with Gasteiger partial charge in [0.15, 0.2) is 0 Å². The average molecular weight is 372 g/mol. The highest BCUT2D eigenvalue weighted by atomic mass is 16.2. The first-order chi connectivity index (χ1) is 13.1. The molecule has 4 amide bonds.